The predicted octanol–water partition coefficient (Wildman–Crippen LogP) is 4.30. The number of para-hydroxylation sites is 1. The first-order valence-electron chi connectivity index (χ1n) is 10.6. The molecule has 0 amide bonds. The van der Waals surface area contributed by atoms with Gasteiger partial charge in [-0.2, -0.15) is 0 Å². The maximum Gasteiger partial charge on any atom is 0.169 e. The highest BCUT2D eigenvalue weighted by atomic mass is 16.5. The summed E-state index contributed by atoms with van der Waals surface area (Å²) in [5.74, 6) is 2.96. The third-order valence-corrected chi connectivity index (χ3v) is 5.17. The van der Waals surface area contributed by atoms with Crippen molar-refractivity contribution < 1.29 is 18.9 Å². The predicted molar refractivity (Wildman–Crippen MR) is 126 cm³/mol. The number of rotatable bonds is 9. The molecule has 32 heavy (non-hydrogen) atoms. The monoisotopic (exact) mass is 435 g/mol. The standard InChI is InChI=1S/C25H29N3O4/c1-29-13-14-31-25-16-21(11-12-24(25)32-22-8-4-3-5-9-22)28-18-26-17-27(19-28)20-7-6-10-23(15-20)30-2/h3-12,15-16,26H,13-14,17-19H2,1-2H3. The second kappa shape index (κ2) is 10.7. The molecular formula is C25H29N3O4. The molecule has 3 aromatic carbocycles. The summed E-state index contributed by atoms with van der Waals surface area (Å²) in [6.45, 7) is 3.17. The van der Waals surface area contributed by atoms with Gasteiger partial charge in [0.25, 0.3) is 0 Å². The summed E-state index contributed by atoms with van der Waals surface area (Å²) in [4.78, 5) is 4.50. The molecule has 0 saturated carbocycles. The van der Waals surface area contributed by atoms with Crippen molar-refractivity contribution in [3.05, 3.63) is 72.8 Å². The minimum atomic E-state index is 0.444. The molecule has 1 saturated heterocycles. The van der Waals surface area contributed by atoms with E-state index in [0.29, 0.717) is 24.7 Å². The van der Waals surface area contributed by atoms with E-state index < -0.39 is 0 Å². The molecular weight excluding hydrogens is 406 g/mol. The second-order valence-corrected chi connectivity index (χ2v) is 7.38. The van der Waals surface area contributed by atoms with Crippen LogP contribution in [-0.2, 0) is 4.74 Å². The zero-order chi connectivity index (χ0) is 22.2. The lowest BCUT2D eigenvalue weighted by Gasteiger charge is -2.39. The second-order valence-electron chi connectivity index (χ2n) is 7.38. The number of hydrogen-bond donors (Lipinski definition) is 1. The molecule has 1 heterocycles. The molecule has 0 unspecified atom stereocenters. The number of anilines is 2. The van der Waals surface area contributed by atoms with Gasteiger partial charge in [0, 0.05) is 30.6 Å². The summed E-state index contributed by atoms with van der Waals surface area (Å²) in [6, 6.07) is 23.8. The topological polar surface area (TPSA) is 55.4 Å². The van der Waals surface area contributed by atoms with Crippen LogP contribution in [0.3, 0.4) is 0 Å². The van der Waals surface area contributed by atoms with E-state index >= 15 is 0 Å². The summed E-state index contributed by atoms with van der Waals surface area (Å²) in [5.41, 5.74) is 2.14. The van der Waals surface area contributed by atoms with Gasteiger partial charge in [0.1, 0.15) is 18.1 Å². The molecule has 1 fully saturated rings. The Bertz CT molecular complexity index is 999. The SMILES string of the molecule is COCCOc1cc(N2CNCN(c3cccc(OC)c3)C2)ccc1Oc1ccccc1. The Hall–Kier alpha value is -3.42. The Labute approximate surface area is 189 Å². The van der Waals surface area contributed by atoms with Crippen molar-refractivity contribution in [1.29, 1.82) is 0 Å². The van der Waals surface area contributed by atoms with Gasteiger partial charge in [-0.25, -0.2) is 0 Å². The number of hydrogen-bond acceptors (Lipinski definition) is 7. The summed E-state index contributed by atoms with van der Waals surface area (Å²) < 4.78 is 22.6. The molecule has 4 rings (SSSR count). The Morgan fingerprint density at radius 2 is 1.50 bits per heavy atom. The largest absolute Gasteiger partial charge is 0.497 e. The van der Waals surface area contributed by atoms with E-state index in [2.05, 4.69) is 27.2 Å². The minimum Gasteiger partial charge on any atom is -0.497 e. The van der Waals surface area contributed by atoms with Crippen LogP contribution < -0.4 is 29.3 Å². The van der Waals surface area contributed by atoms with Crippen LogP contribution in [0.4, 0.5) is 11.4 Å². The minimum absolute atomic E-state index is 0.444. The van der Waals surface area contributed by atoms with Crippen LogP contribution in [0.5, 0.6) is 23.0 Å². The highest BCUT2D eigenvalue weighted by molar-refractivity contribution is 5.59. The molecule has 0 bridgehead atoms. The lowest BCUT2D eigenvalue weighted by Crippen LogP contribution is -2.53. The fourth-order valence-electron chi connectivity index (χ4n) is 3.52. The van der Waals surface area contributed by atoms with Gasteiger partial charge in [0.05, 0.1) is 33.7 Å². The van der Waals surface area contributed by atoms with Crippen LogP contribution in [0.1, 0.15) is 0 Å². The first kappa shape index (κ1) is 21.8. The first-order valence-corrected chi connectivity index (χ1v) is 10.6. The van der Waals surface area contributed by atoms with Gasteiger partial charge < -0.3 is 28.7 Å². The van der Waals surface area contributed by atoms with Gasteiger partial charge in [-0.3, -0.25) is 5.32 Å². The third-order valence-electron chi connectivity index (χ3n) is 5.17. The van der Waals surface area contributed by atoms with Crippen LogP contribution in [0.15, 0.2) is 72.8 Å². The van der Waals surface area contributed by atoms with Crippen molar-refractivity contribution in [2.75, 3.05) is 57.2 Å². The quantitative estimate of drug-likeness (QED) is 0.503. The van der Waals surface area contributed by atoms with Crippen molar-refractivity contribution in [3.8, 4) is 23.0 Å². The average molecular weight is 436 g/mol. The van der Waals surface area contributed by atoms with E-state index in [1.807, 2.05) is 60.7 Å². The fourth-order valence-corrected chi connectivity index (χ4v) is 3.52. The summed E-state index contributed by atoms with van der Waals surface area (Å²) in [6.07, 6.45) is 0. The smallest absolute Gasteiger partial charge is 0.169 e. The lowest BCUT2D eigenvalue weighted by atomic mass is 10.2. The third kappa shape index (κ3) is 5.43. The van der Waals surface area contributed by atoms with E-state index in [9.17, 15) is 0 Å². The molecule has 168 valence electrons. The highest BCUT2D eigenvalue weighted by Gasteiger charge is 2.20. The van der Waals surface area contributed by atoms with Crippen molar-refractivity contribution in [2.45, 2.75) is 0 Å². The first-order chi connectivity index (χ1) is 15.8. The number of nitrogens with one attached hydrogen (secondary N) is 1. The molecule has 0 atom stereocenters. The normalized spacial score (nSPS) is 13.7. The Balaban J connectivity index is 1.54. The van der Waals surface area contributed by atoms with Gasteiger partial charge >= 0.3 is 0 Å². The number of methoxy groups -OCH3 is 2. The van der Waals surface area contributed by atoms with Crippen LogP contribution in [0, 0.1) is 0 Å². The van der Waals surface area contributed by atoms with Gasteiger partial charge in [-0.05, 0) is 36.4 Å². The average Bonchev–Trinajstić information content (AvgIpc) is 2.86. The maximum atomic E-state index is 6.07. The molecule has 0 aromatic heterocycles. The number of ether oxygens (including phenoxy) is 4. The molecule has 7 heteroatoms. The van der Waals surface area contributed by atoms with Crippen molar-refractivity contribution >= 4 is 11.4 Å². The van der Waals surface area contributed by atoms with Gasteiger partial charge in [0.2, 0.25) is 0 Å². The van der Waals surface area contributed by atoms with E-state index in [0.717, 1.165) is 42.9 Å². The molecule has 0 aliphatic carbocycles. The summed E-state index contributed by atoms with van der Waals surface area (Å²) >= 11 is 0. The zero-order valence-corrected chi connectivity index (χ0v) is 18.5. The summed E-state index contributed by atoms with van der Waals surface area (Å²) in [5, 5.41) is 3.46. The molecule has 3 aromatic rings. The van der Waals surface area contributed by atoms with Crippen LogP contribution in [-0.4, -0.2) is 47.4 Å². The lowest BCUT2D eigenvalue weighted by molar-refractivity contribution is 0.144. The van der Waals surface area contributed by atoms with Crippen LogP contribution in [0.25, 0.3) is 0 Å². The van der Waals surface area contributed by atoms with Crippen molar-refractivity contribution in [2.24, 2.45) is 0 Å². The van der Waals surface area contributed by atoms with E-state index in [4.69, 9.17) is 18.9 Å². The number of nitrogens with zero attached hydrogens (tertiary/aromatic N) is 2. The van der Waals surface area contributed by atoms with E-state index in [-0.39, 0.29) is 0 Å². The summed E-state index contributed by atoms with van der Waals surface area (Å²) in [7, 11) is 3.35. The molecule has 1 aliphatic rings. The molecule has 1 N–H and O–H groups in total. The zero-order valence-electron chi connectivity index (χ0n) is 18.5. The van der Waals surface area contributed by atoms with Crippen LogP contribution in [0.2, 0.25) is 0 Å². The highest BCUT2D eigenvalue weighted by Crippen LogP contribution is 2.36. The van der Waals surface area contributed by atoms with Crippen molar-refractivity contribution in [3.63, 3.8) is 0 Å². The Morgan fingerprint density at radius 1 is 0.750 bits per heavy atom. The van der Waals surface area contributed by atoms with Gasteiger partial charge in [0.15, 0.2) is 11.5 Å². The van der Waals surface area contributed by atoms with Crippen molar-refractivity contribution in [1.82, 2.24) is 5.32 Å². The maximum absolute atomic E-state index is 6.07. The molecule has 7 nitrogen and oxygen atoms in total. The molecule has 0 spiro atoms. The Morgan fingerprint density at radius 3 is 2.25 bits per heavy atom. The van der Waals surface area contributed by atoms with E-state index in [1.54, 1.807) is 14.2 Å². The van der Waals surface area contributed by atoms with E-state index in [1.165, 1.54) is 0 Å². The molecule has 1 aliphatic heterocycles. The van der Waals surface area contributed by atoms with Gasteiger partial charge in [-0.15, -0.1) is 0 Å². The van der Waals surface area contributed by atoms with Crippen LogP contribution >= 0.6 is 0 Å². The Kier molecular flexibility index (Phi) is 7.32. The fraction of sp³-hybridized carbons (Fsp3) is 0.280. The molecule has 0 radical (unpaired) electrons. The van der Waals surface area contributed by atoms with Gasteiger partial charge in [-0.1, -0.05) is 24.3 Å². The number of benzene rings is 3.